The molecule has 0 spiro atoms. The molecule has 0 aliphatic heterocycles. The van der Waals surface area contributed by atoms with Crippen molar-refractivity contribution in [2.45, 2.75) is 6.42 Å². The van der Waals surface area contributed by atoms with Gasteiger partial charge in [-0.2, -0.15) is 5.26 Å². The first-order valence-corrected chi connectivity index (χ1v) is 6.40. The van der Waals surface area contributed by atoms with Crippen LogP contribution in [0.1, 0.15) is 12.0 Å². The molecule has 21 heavy (non-hydrogen) atoms. The molecular formula is C16H13F2NO2. The van der Waals surface area contributed by atoms with Gasteiger partial charge in [0.25, 0.3) is 0 Å². The zero-order valence-corrected chi connectivity index (χ0v) is 11.2. The molecule has 2 aromatic carbocycles. The van der Waals surface area contributed by atoms with Crippen molar-refractivity contribution in [1.82, 2.24) is 0 Å². The van der Waals surface area contributed by atoms with Crippen LogP contribution in [-0.4, -0.2) is 13.2 Å². The topological polar surface area (TPSA) is 42.2 Å². The van der Waals surface area contributed by atoms with Crippen LogP contribution in [0.3, 0.4) is 0 Å². The number of nitriles is 1. The lowest BCUT2D eigenvalue weighted by molar-refractivity contribution is 0.240. The highest BCUT2D eigenvalue weighted by Crippen LogP contribution is 2.18. The molecule has 0 saturated carbocycles. The van der Waals surface area contributed by atoms with E-state index >= 15 is 0 Å². The fourth-order valence-electron chi connectivity index (χ4n) is 1.64. The van der Waals surface area contributed by atoms with Gasteiger partial charge in [0.1, 0.15) is 11.6 Å². The monoisotopic (exact) mass is 289 g/mol. The maximum absolute atomic E-state index is 13.3. The minimum Gasteiger partial charge on any atom is -0.493 e. The molecule has 0 amide bonds. The first-order chi connectivity index (χ1) is 10.2. The summed E-state index contributed by atoms with van der Waals surface area (Å²) < 4.78 is 36.8. The Hall–Kier alpha value is -2.61. The standard InChI is InChI=1S/C16H13F2NO2/c17-13-4-7-15(18)16(10-13)21-9-1-8-20-14-5-2-12(11-19)3-6-14/h2-7,10H,1,8-9H2. The summed E-state index contributed by atoms with van der Waals surface area (Å²) >= 11 is 0. The number of hydrogen-bond donors (Lipinski definition) is 0. The van der Waals surface area contributed by atoms with Gasteiger partial charge >= 0.3 is 0 Å². The molecular weight excluding hydrogens is 276 g/mol. The minimum atomic E-state index is -0.593. The number of hydrogen-bond acceptors (Lipinski definition) is 3. The molecule has 0 saturated heterocycles. The molecule has 0 aromatic heterocycles. The van der Waals surface area contributed by atoms with Crippen LogP contribution in [0.2, 0.25) is 0 Å². The quantitative estimate of drug-likeness (QED) is 0.762. The lowest BCUT2D eigenvalue weighted by atomic mass is 10.2. The highest BCUT2D eigenvalue weighted by Gasteiger charge is 2.04. The summed E-state index contributed by atoms with van der Waals surface area (Å²) in [5, 5.41) is 8.66. The third-order valence-corrected chi connectivity index (χ3v) is 2.69. The van der Waals surface area contributed by atoms with E-state index < -0.39 is 11.6 Å². The highest BCUT2D eigenvalue weighted by atomic mass is 19.1. The molecule has 0 aliphatic rings. The Morgan fingerprint density at radius 3 is 2.38 bits per heavy atom. The van der Waals surface area contributed by atoms with Crippen LogP contribution in [0.4, 0.5) is 8.78 Å². The van der Waals surface area contributed by atoms with Gasteiger partial charge in [-0.3, -0.25) is 0 Å². The van der Waals surface area contributed by atoms with E-state index in [4.69, 9.17) is 14.7 Å². The number of benzene rings is 2. The SMILES string of the molecule is N#Cc1ccc(OCCCOc2cc(F)ccc2F)cc1. The van der Waals surface area contributed by atoms with Crippen molar-refractivity contribution in [2.24, 2.45) is 0 Å². The molecule has 108 valence electrons. The summed E-state index contributed by atoms with van der Waals surface area (Å²) in [7, 11) is 0. The molecule has 2 aromatic rings. The summed E-state index contributed by atoms with van der Waals surface area (Å²) in [6.45, 7) is 0.597. The Morgan fingerprint density at radius 2 is 1.67 bits per heavy atom. The van der Waals surface area contributed by atoms with Crippen molar-refractivity contribution < 1.29 is 18.3 Å². The van der Waals surface area contributed by atoms with Crippen LogP contribution in [-0.2, 0) is 0 Å². The van der Waals surface area contributed by atoms with E-state index in [1.165, 1.54) is 0 Å². The van der Waals surface area contributed by atoms with Crippen molar-refractivity contribution >= 4 is 0 Å². The Morgan fingerprint density at radius 1 is 0.952 bits per heavy atom. The largest absolute Gasteiger partial charge is 0.493 e. The molecule has 3 nitrogen and oxygen atoms in total. The van der Waals surface area contributed by atoms with E-state index in [2.05, 4.69) is 0 Å². The molecule has 0 radical (unpaired) electrons. The van der Waals surface area contributed by atoms with E-state index in [0.717, 1.165) is 18.2 Å². The predicted molar refractivity (Wildman–Crippen MR) is 73.1 cm³/mol. The molecule has 0 bridgehead atoms. The molecule has 0 N–H and O–H groups in total. The van der Waals surface area contributed by atoms with E-state index in [1.807, 2.05) is 6.07 Å². The fraction of sp³-hybridized carbons (Fsp3) is 0.188. The lowest BCUT2D eigenvalue weighted by Crippen LogP contribution is -2.06. The molecule has 0 fully saturated rings. The Labute approximate surface area is 121 Å². The average molecular weight is 289 g/mol. The van der Waals surface area contributed by atoms with Crippen LogP contribution < -0.4 is 9.47 Å². The van der Waals surface area contributed by atoms with E-state index in [0.29, 0.717) is 24.3 Å². The summed E-state index contributed by atoms with van der Waals surface area (Å²) in [6.07, 6.45) is 0.524. The van der Waals surface area contributed by atoms with Gasteiger partial charge in [-0.15, -0.1) is 0 Å². The second-order valence-corrected chi connectivity index (χ2v) is 4.26. The van der Waals surface area contributed by atoms with Gasteiger partial charge in [-0.1, -0.05) is 0 Å². The summed E-state index contributed by atoms with van der Waals surface area (Å²) in [4.78, 5) is 0. The molecule has 0 aliphatic carbocycles. The number of halogens is 2. The zero-order chi connectivity index (χ0) is 15.1. The third kappa shape index (κ3) is 4.46. The second-order valence-electron chi connectivity index (χ2n) is 4.26. The van der Waals surface area contributed by atoms with Crippen molar-refractivity contribution in [2.75, 3.05) is 13.2 Å². The lowest BCUT2D eigenvalue weighted by Gasteiger charge is -2.08. The third-order valence-electron chi connectivity index (χ3n) is 2.69. The van der Waals surface area contributed by atoms with E-state index in [9.17, 15) is 8.78 Å². The minimum absolute atomic E-state index is 0.103. The molecule has 0 unspecified atom stereocenters. The van der Waals surface area contributed by atoms with Gasteiger partial charge in [-0.05, 0) is 36.4 Å². The fourth-order valence-corrected chi connectivity index (χ4v) is 1.64. The van der Waals surface area contributed by atoms with E-state index in [-0.39, 0.29) is 12.4 Å². The van der Waals surface area contributed by atoms with Gasteiger partial charge < -0.3 is 9.47 Å². The van der Waals surface area contributed by atoms with Crippen LogP contribution in [0.25, 0.3) is 0 Å². The molecule has 5 heteroatoms. The average Bonchev–Trinajstić information content (AvgIpc) is 2.51. The summed E-state index contributed by atoms with van der Waals surface area (Å²) in [5.74, 6) is -0.594. The number of nitrogens with zero attached hydrogens (tertiary/aromatic N) is 1. The van der Waals surface area contributed by atoms with Crippen LogP contribution in [0.5, 0.6) is 11.5 Å². The summed E-state index contributed by atoms with van der Waals surface area (Å²) in [6, 6.07) is 11.8. The van der Waals surface area contributed by atoms with E-state index in [1.54, 1.807) is 24.3 Å². The highest BCUT2D eigenvalue weighted by molar-refractivity contribution is 5.34. The molecule has 2 rings (SSSR count). The van der Waals surface area contributed by atoms with Gasteiger partial charge in [0, 0.05) is 12.5 Å². The Kier molecular flexibility index (Phi) is 5.10. The first kappa shape index (κ1) is 14.8. The summed E-state index contributed by atoms with van der Waals surface area (Å²) in [5.41, 5.74) is 0.562. The van der Waals surface area contributed by atoms with Gasteiger partial charge in [0.05, 0.1) is 24.8 Å². The number of ether oxygens (including phenoxy) is 2. The van der Waals surface area contributed by atoms with Crippen LogP contribution >= 0.6 is 0 Å². The van der Waals surface area contributed by atoms with Crippen LogP contribution in [0.15, 0.2) is 42.5 Å². The first-order valence-electron chi connectivity index (χ1n) is 6.40. The molecule has 0 heterocycles. The van der Waals surface area contributed by atoms with Crippen molar-refractivity contribution in [3.8, 4) is 17.6 Å². The van der Waals surface area contributed by atoms with Crippen LogP contribution in [0, 0.1) is 23.0 Å². The van der Waals surface area contributed by atoms with Crippen molar-refractivity contribution in [1.29, 1.82) is 5.26 Å². The van der Waals surface area contributed by atoms with Gasteiger partial charge in [-0.25, -0.2) is 8.78 Å². The maximum Gasteiger partial charge on any atom is 0.165 e. The zero-order valence-electron chi connectivity index (χ0n) is 11.2. The van der Waals surface area contributed by atoms with Crippen molar-refractivity contribution in [3.05, 3.63) is 59.7 Å². The number of rotatable bonds is 6. The normalized spacial score (nSPS) is 9.95. The molecule has 0 atom stereocenters. The Bertz CT molecular complexity index is 636. The van der Waals surface area contributed by atoms with Crippen molar-refractivity contribution in [3.63, 3.8) is 0 Å². The predicted octanol–water partition coefficient (Wildman–Crippen LogP) is 3.68. The van der Waals surface area contributed by atoms with Gasteiger partial charge in [0.15, 0.2) is 11.6 Å². The second kappa shape index (κ2) is 7.25. The smallest absolute Gasteiger partial charge is 0.165 e. The van der Waals surface area contributed by atoms with Gasteiger partial charge in [0.2, 0.25) is 0 Å². The Balaban J connectivity index is 1.72. The maximum atomic E-state index is 13.3.